The molecule has 4 rings (SSSR count). The Morgan fingerprint density at radius 2 is 2.00 bits per heavy atom. The van der Waals surface area contributed by atoms with Gasteiger partial charge in [-0.15, -0.1) is 0 Å². The first-order valence-electron chi connectivity index (χ1n) is 9.57. The lowest BCUT2D eigenvalue weighted by Gasteiger charge is -2.14. The summed E-state index contributed by atoms with van der Waals surface area (Å²) in [6.07, 6.45) is 4.04. The maximum atomic E-state index is 13.3. The Labute approximate surface area is 167 Å². The summed E-state index contributed by atoms with van der Waals surface area (Å²) >= 11 is 0. The highest BCUT2D eigenvalue weighted by Crippen LogP contribution is 2.31. The number of para-hydroxylation sites is 1. The van der Waals surface area contributed by atoms with Crippen LogP contribution in [0.1, 0.15) is 18.9 Å². The van der Waals surface area contributed by atoms with E-state index in [0.29, 0.717) is 19.4 Å². The zero-order valence-corrected chi connectivity index (χ0v) is 16.1. The first-order valence-corrected chi connectivity index (χ1v) is 9.57. The number of aromatic amines is 1. The van der Waals surface area contributed by atoms with Crippen molar-refractivity contribution in [2.75, 3.05) is 0 Å². The van der Waals surface area contributed by atoms with E-state index in [0.717, 1.165) is 27.7 Å². The summed E-state index contributed by atoms with van der Waals surface area (Å²) in [4.78, 5) is 19.8. The van der Waals surface area contributed by atoms with Crippen molar-refractivity contribution < 1.29 is 9.18 Å². The number of nitrogens with one attached hydrogen (secondary N) is 2. The molecule has 0 aliphatic rings. The fourth-order valence-corrected chi connectivity index (χ4v) is 3.56. The summed E-state index contributed by atoms with van der Waals surface area (Å²) in [5, 5.41) is 8.15. The van der Waals surface area contributed by atoms with Crippen molar-refractivity contribution in [2.45, 2.75) is 32.4 Å². The number of hydrogen-bond donors (Lipinski definition) is 2. The van der Waals surface area contributed by atoms with Gasteiger partial charge in [-0.3, -0.25) is 9.48 Å². The molecule has 0 saturated heterocycles. The summed E-state index contributed by atoms with van der Waals surface area (Å²) < 4.78 is 15.0. The molecule has 1 atom stereocenters. The molecule has 0 aliphatic heterocycles. The van der Waals surface area contributed by atoms with Gasteiger partial charge in [-0.1, -0.05) is 18.2 Å². The predicted molar refractivity (Wildman–Crippen MR) is 110 cm³/mol. The minimum atomic E-state index is -0.271. The quantitative estimate of drug-likeness (QED) is 0.504. The van der Waals surface area contributed by atoms with E-state index in [1.807, 2.05) is 31.2 Å². The van der Waals surface area contributed by atoms with Gasteiger partial charge in [0.05, 0.1) is 6.54 Å². The zero-order valence-electron chi connectivity index (χ0n) is 16.1. The lowest BCUT2D eigenvalue weighted by atomic mass is 10.0. The van der Waals surface area contributed by atoms with Crippen molar-refractivity contribution in [3.05, 3.63) is 72.6 Å². The first-order chi connectivity index (χ1) is 14.1. The minimum Gasteiger partial charge on any atom is -0.354 e. The first kappa shape index (κ1) is 18.9. The third kappa shape index (κ3) is 4.34. The van der Waals surface area contributed by atoms with E-state index in [2.05, 4.69) is 20.4 Å². The molecule has 6 nitrogen and oxygen atoms in total. The van der Waals surface area contributed by atoms with Crippen LogP contribution in [0.5, 0.6) is 0 Å². The Bertz CT molecular complexity index is 1100. The normalized spacial score (nSPS) is 12.2. The van der Waals surface area contributed by atoms with Crippen LogP contribution in [0.15, 0.2) is 61.2 Å². The largest absolute Gasteiger partial charge is 0.354 e. The zero-order chi connectivity index (χ0) is 20.2. The molecule has 0 bridgehead atoms. The van der Waals surface area contributed by atoms with Crippen LogP contribution in [0.4, 0.5) is 4.39 Å². The SMILES string of the molecule is CC(Cn1cncn1)NC(=O)CCc1c(-c2ccc(F)cc2)[nH]c2ccccc12. The molecule has 4 aromatic rings. The van der Waals surface area contributed by atoms with Gasteiger partial charge in [0.1, 0.15) is 18.5 Å². The van der Waals surface area contributed by atoms with E-state index in [1.165, 1.54) is 18.5 Å². The molecule has 148 valence electrons. The number of hydrogen-bond acceptors (Lipinski definition) is 3. The molecule has 0 aliphatic carbocycles. The summed E-state index contributed by atoms with van der Waals surface area (Å²) in [6.45, 7) is 2.51. The van der Waals surface area contributed by atoms with Crippen LogP contribution < -0.4 is 5.32 Å². The van der Waals surface area contributed by atoms with Crippen molar-refractivity contribution in [1.82, 2.24) is 25.1 Å². The number of benzene rings is 2. The standard InChI is InChI=1S/C22H22FN5O/c1-15(12-28-14-24-13-25-28)26-21(29)11-10-19-18-4-2-3-5-20(18)27-22(19)16-6-8-17(23)9-7-16/h2-9,13-15,27H,10-12H2,1H3,(H,26,29). The molecule has 2 heterocycles. The second-order valence-electron chi connectivity index (χ2n) is 7.12. The topological polar surface area (TPSA) is 75.6 Å². The van der Waals surface area contributed by atoms with Crippen LogP contribution >= 0.6 is 0 Å². The number of H-pyrrole nitrogens is 1. The highest BCUT2D eigenvalue weighted by atomic mass is 19.1. The number of halogens is 1. The number of aromatic nitrogens is 4. The maximum absolute atomic E-state index is 13.3. The lowest BCUT2D eigenvalue weighted by Crippen LogP contribution is -2.35. The monoisotopic (exact) mass is 391 g/mol. The Balaban J connectivity index is 1.50. The van der Waals surface area contributed by atoms with E-state index in [9.17, 15) is 9.18 Å². The lowest BCUT2D eigenvalue weighted by molar-refractivity contribution is -0.121. The van der Waals surface area contributed by atoms with Gasteiger partial charge in [0.25, 0.3) is 0 Å². The van der Waals surface area contributed by atoms with Crippen molar-refractivity contribution in [1.29, 1.82) is 0 Å². The van der Waals surface area contributed by atoms with Gasteiger partial charge in [-0.25, -0.2) is 9.37 Å². The highest BCUT2D eigenvalue weighted by Gasteiger charge is 2.15. The van der Waals surface area contributed by atoms with E-state index in [-0.39, 0.29) is 17.8 Å². The molecule has 0 radical (unpaired) electrons. The van der Waals surface area contributed by atoms with E-state index in [1.54, 1.807) is 23.1 Å². The van der Waals surface area contributed by atoms with Crippen LogP contribution in [0, 0.1) is 5.82 Å². The second-order valence-corrected chi connectivity index (χ2v) is 7.12. The molecular formula is C22H22FN5O. The molecule has 0 saturated carbocycles. The van der Waals surface area contributed by atoms with Crippen LogP contribution in [0.25, 0.3) is 22.2 Å². The molecule has 29 heavy (non-hydrogen) atoms. The molecule has 2 N–H and O–H groups in total. The predicted octanol–water partition coefficient (Wildman–Crippen LogP) is 3.70. The summed E-state index contributed by atoms with van der Waals surface area (Å²) in [5.41, 5.74) is 3.89. The van der Waals surface area contributed by atoms with Crippen molar-refractivity contribution in [3.8, 4) is 11.3 Å². The van der Waals surface area contributed by atoms with Gasteiger partial charge < -0.3 is 10.3 Å². The van der Waals surface area contributed by atoms with Gasteiger partial charge in [0.2, 0.25) is 5.91 Å². The van der Waals surface area contributed by atoms with Crippen LogP contribution in [0.3, 0.4) is 0 Å². The smallest absolute Gasteiger partial charge is 0.220 e. The fraction of sp³-hybridized carbons (Fsp3) is 0.227. The number of carbonyl (C=O) groups excluding carboxylic acids is 1. The number of rotatable bonds is 7. The molecule has 2 aromatic heterocycles. The van der Waals surface area contributed by atoms with Crippen LogP contribution in [0.2, 0.25) is 0 Å². The number of amides is 1. The van der Waals surface area contributed by atoms with E-state index < -0.39 is 0 Å². The average Bonchev–Trinajstić information content (AvgIpc) is 3.34. The fourth-order valence-electron chi connectivity index (χ4n) is 3.56. The minimum absolute atomic E-state index is 0.0204. The molecule has 0 fully saturated rings. The Hall–Kier alpha value is -3.48. The van der Waals surface area contributed by atoms with Crippen molar-refractivity contribution in [3.63, 3.8) is 0 Å². The van der Waals surface area contributed by atoms with Gasteiger partial charge >= 0.3 is 0 Å². The Morgan fingerprint density at radius 1 is 1.21 bits per heavy atom. The van der Waals surface area contributed by atoms with Crippen LogP contribution in [-0.4, -0.2) is 31.7 Å². The molecule has 0 spiro atoms. The van der Waals surface area contributed by atoms with Crippen LogP contribution in [-0.2, 0) is 17.8 Å². The molecule has 7 heteroatoms. The second kappa shape index (κ2) is 8.26. The van der Waals surface area contributed by atoms with Crippen molar-refractivity contribution in [2.24, 2.45) is 0 Å². The highest BCUT2D eigenvalue weighted by molar-refractivity contribution is 5.91. The van der Waals surface area contributed by atoms with Crippen molar-refractivity contribution >= 4 is 16.8 Å². The Kier molecular flexibility index (Phi) is 5.37. The van der Waals surface area contributed by atoms with Gasteiger partial charge in [-0.2, -0.15) is 5.10 Å². The molecule has 1 amide bonds. The maximum Gasteiger partial charge on any atom is 0.220 e. The third-order valence-corrected chi connectivity index (χ3v) is 4.88. The summed E-state index contributed by atoms with van der Waals surface area (Å²) in [5.74, 6) is -0.292. The number of aryl methyl sites for hydroxylation is 1. The number of nitrogens with zero attached hydrogens (tertiary/aromatic N) is 3. The molecule has 1 unspecified atom stereocenters. The average molecular weight is 391 g/mol. The summed E-state index contributed by atoms with van der Waals surface area (Å²) in [6, 6.07) is 14.3. The number of fused-ring (bicyclic) bond motifs is 1. The Morgan fingerprint density at radius 3 is 2.76 bits per heavy atom. The van der Waals surface area contributed by atoms with Gasteiger partial charge in [0.15, 0.2) is 0 Å². The van der Waals surface area contributed by atoms with E-state index >= 15 is 0 Å². The third-order valence-electron chi connectivity index (χ3n) is 4.88. The summed E-state index contributed by atoms with van der Waals surface area (Å²) in [7, 11) is 0. The van der Waals surface area contributed by atoms with Gasteiger partial charge in [0, 0.05) is 29.1 Å². The molecule has 2 aromatic carbocycles. The van der Waals surface area contributed by atoms with E-state index in [4.69, 9.17) is 0 Å². The van der Waals surface area contributed by atoms with Gasteiger partial charge in [-0.05, 0) is 54.8 Å². The molecular weight excluding hydrogens is 369 g/mol. The number of carbonyl (C=O) groups is 1.